The summed E-state index contributed by atoms with van der Waals surface area (Å²) in [4.78, 5) is 16.4. The maximum absolute atomic E-state index is 11.9. The number of benzene rings is 2. The number of nitrogens with two attached hydrogens (primary N) is 1. The Kier molecular flexibility index (Phi) is 5.38. The maximum atomic E-state index is 11.9. The molecule has 0 radical (unpaired) electrons. The Morgan fingerprint density at radius 2 is 1.97 bits per heavy atom. The minimum absolute atomic E-state index is 0.244. The average molecular weight is 387 g/mol. The van der Waals surface area contributed by atoms with Gasteiger partial charge in [0.25, 0.3) is 0 Å². The summed E-state index contributed by atoms with van der Waals surface area (Å²) >= 11 is 0. The van der Waals surface area contributed by atoms with Gasteiger partial charge in [-0.05, 0) is 35.7 Å². The summed E-state index contributed by atoms with van der Waals surface area (Å²) in [5.41, 5.74) is 10.6. The van der Waals surface area contributed by atoms with Gasteiger partial charge in [0, 0.05) is 23.7 Å². The molecule has 7 heteroatoms. The van der Waals surface area contributed by atoms with Crippen molar-refractivity contribution in [1.29, 1.82) is 0 Å². The molecule has 0 fully saturated rings. The summed E-state index contributed by atoms with van der Waals surface area (Å²) in [5.74, 6) is 0.443. The average Bonchev–Trinajstić information content (AvgIpc) is 3.27. The number of ether oxygens (including phenoxy) is 1. The molecule has 29 heavy (non-hydrogen) atoms. The summed E-state index contributed by atoms with van der Waals surface area (Å²) in [7, 11) is 0. The first-order valence-corrected chi connectivity index (χ1v) is 9.33. The number of hydrogen-bond donors (Lipinski definition) is 3. The van der Waals surface area contributed by atoms with E-state index in [0.29, 0.717) is 18.8 Å². The SMILES string of the molecule is Nc1cc(CCNC(=O)OCc2ccccc2)c2ccc(-c3cc[nH]n3)cc2n1. The number of pyridine rings is 1. The van der Waals surface area contributed by atoms with E-state index in [1.165, 1.54) is 0 Å². The second-order valence-electron chi connectivity index (χ2n) is 6.64. The molecule has 0 saturated heterocycles. The van der Waals surface area contributed by atoms with E-state index in [9.17, 15) is 4.79 Å². The molecule has 0 aliphatic rings. The van der Waals surface area contributed by atoms with Crippen LogP contribution in [0.5, 0.6) is 0 Å². The number of hydrogen-bond acceptors (Lipinski definition) is 5. The second kappa shape index (κ2) is 8.43. The summed E-state index contributed by atoms with van der Waals surface area (Å²) in [6.07, 6.45) is 1.95. The number of aromatic nitrogens is 3. The summed E-state index contributed by atoms with van der Waals surface area (Å²) in [5, 5.41) is 10.8. The number of carbonyl (C=O) groups excluding carboxylic acids is 1. The van der Waals surface area contributed by atoms with Crippen molar-refractivity contribution >= 4 is 22.8 Å². The number of H-pyrrole nitrogens is 1. The lowest BCUT2D eigenvalue weighted by Gasteiger charge is -2.10. The summed E-state index contributed by atoms with van der Waals surface area (Å²) in [6.45, 7) is 0.682. The fraction of sp³-hybridized carbons (Fsp3) is 0.136. The van der Waals surface area contributed by atoms with Crippen molar-refractivity contribution < 1.29 is 9.53 Å². The van der Waals surface area contributed by atoms with Gasteiger partial charge in [0.1, 0.15) is 12.4 Å². The fourth-order valence-electron chi connectivity index (χ4n) is 3.18. The molecule has 4 rings (SSSR count). The van der Waals surface area contributed by atoms with Gasteiger partial charge in [0.2, 0.25) is 0 Å². The van der Waals surface area contributed by atoms with Crippen LogP contribution < -0.4 is 11.1 Å². The van der Waals surface area contributed by atoms with Gasteiger partial charge in [-0.1, -0.05) is 42.5 Å². The smallest absolute Gasteiger partial charge is 0.407 e. The number of aromatic amines is 1. The molecule has 0 aliphatic carbocycles. The number of rotatable bonds is 6. The van der Waals surface area contributed by atoms with Crippen LogP contribution in [0.15, 0.2) is 66.9 Å². The Bertz CT molecular complexity index is 1110. The monoisotopic (exact) mass is 387 g/mol. The molecule has 4 aromatic rings. The molecule has 1 amide bonds. The number of alkyl carbamates (subject to hydrolysis) is 1. The predicted octanol–water partition coefficient (Wildman–Crippen LogP) is 3.68. The van der Waals surface area contributed by atoms with Crippen molar-refractivity contribution in [1.82, 2.24) is 20.5 Å². The molecule has 0 saturated carbocycles. The molecular weight excluding hydrogens is 366 g/mol. The van der Waals surface area contributed by atoms with Crippen molar-refractivity contribution in [2.45, 2.75) is 13.0 Å². The van der Waals surface area contributed by atoms with E-state index in [2.05, 4.69) is 20.5 Å². The van der Waals surface area contributed by atoms with E-state index < -0.39 is 6.09 Å². The molecule has 146 valence electrons. The lowest BCUT2D eigenvalue weighted by Crippen LogP contribution is -2.26. The lowest BCUT2D eigenvalue weighted by atomic mass is 10.0. The quantitative estimate of drug-likeness (QED) is 0.468. The third-order valence-corrected chi connectivity index (χ3v) is 4.59. The molecule has 2 heterocycles. The molecule has 0 bridgehead atoms. The topological polar surface area (TPSA) is 106 Å². The van der Waals surface area contributed by atoms with Crippen LogP contribution >= 0.6 is 0 Å². The van der Waals surface area contributed by atoms with Gasteiger partial charge in [-0.2, -0.15) is 5.10 Å². The Morgan fingerprint density at radius 1 is 1.10 bits per heavy atom. The fourth-order valence-corrected chi connectivity index (χ4v) is 3.18. The maximum Gasteiger partial charge on any atom is 0.407 e. The van der Waals surface area contributed by atoms with Gasteiger partial charge in [0.15, 0.2) is 0 Å². The minimum atomic E-state index is -0.444. The van der Waals surface area contributed by atoms with Crippen LogP contribution in [0.2, 0.25) is 0 Å². The number of anilines is 1. The molecular formula is C22H21N5O2. The lowest BCUT2D eigenvalue weighted by molar-refractivity contribution is 0.140. The van der Waals surface area contributed by atoms with E-state index in [1.807, 2.05) is 60.7 Å². The van der Waals surface area contributed by atoms with Crippen LogP contribution in [-0.4, -0.2) is 27.8 Å². The van der Waals surface area contributed by atoms with Gasteiger partial charge in [0.05, 0.1) is 11.2 Å². The van der Waals surface area contributed by atoms with Crippen molar-refractivity contribution in [3.63, 3.8) is 0 Å². The summed E-state index contributed by atoms with van der Waals surface area (Å²) < 4.78 is 5.24. The molecule has 0 spiro atoms. The standard InChI is InChI=1S/C22H21N5O2/c23-21-13-16(8-10-24-22(28)29-14-15-4-2-1-3-5-15)18-7-6-17(12-20(18)26-21)19-9-11-25-27-19/h1-7,9,11-13H,8,10,14H2,(H2,23,26)(H,24,28)(H,25,27). The molecule has 2 aromatic heterocycles. The zero-order valence-corrected chi connectivity index (χ0v) is 15.8. The number of fused-ring (bicyclic) bond motifs is 1. The molecule has 7 nitrogen and oxygen atoms in total. The van der Waals surface area contributed by atoms with Gasteiger partial charge < -0.3 is 15.8 Å². The van der Waals surface area contributed by atoms with Crippen LogP contribution in [0.1, 0.15) is 11.1 Å². The number of amides is 1. The Morgan fingerprint density at radius 3 is 2.76 bits per heavy atom. The van der Waals surface area contributed by atoms with E-state index in [0.717, 1.165) is 33.3 Å². The minimum Gasteiger partial charge on any atom is -0.445 e. The first-order chi connectivity index (χ1) is 14.2. The van der Waals surface area contributed by atoms with Gasteiger partial charge >= 0.3 is 6.09 Å². The van der Waals surface area contributed by atoms with Crippen molar-refractivity contribution in [2.24, 2.45) is 0 Å². The van der Waals surface area contributed by atoms with Crippen LogP contribution in [0.3, 0.4) is 0 Å². The van der Waals surface area contributed by atoms with Gasteiger partial charge in [-0.15, -0.1) is 0 Å². The molecule has 0 atom stereocenters. The highest BCUT2D eigenvalue weighted by atomic mass is 16.5. The van der Waals surface area contributed by atoms with Gasteiger partial charge in [-0.25, -0.2) is 9.78 Å². The zero-order valence-electron chi connectivity index (χ0n) is 15.8. The molecule has 0 unspecified atom stereocenters. The van der Waals surface area contributed by atoms with Crippen molar-refractivity contribution in [2.75, 3.05) is 12.3 Å². The first-order valence-electron chi connectivity index (χ1n) is 9.33. The Hall–Kier alpha value is -3.87. The summed E-state index contributed by atoms with van der Waals surface area (Å²) in [6, 6.07) is 19.3. The van der Waals surface area contributed by atoms with Crippen LogP contribution in [0.25, 0.3) is 22.2 Å². The number of nitrogens with one attached hydrogen (secondary N) is 2. The number of carbonyl (C=O) groups is 1. The highest BCUT2D eigenvalue weighted by Crippen LogP contribution is 2.25. The third-order valence-electron chi connectivity index (χ3n) is 4.59. The van der Waals surface area contributed by atoms with E-state index in [1.54, 1.807) is 6.20 Å². The predicted molar refractivity (Wildman–Crippen MR) is 112 cm³/mol. The van der Waals surface area contributed by atoms with Crippen LogP contribution in [-0.2, 0) is 17.8 Å². The third kappa shape index (κ3) is 4.52. The van der Waals surface area contributed by atoms with Gasteiger partial charge in [-0.3, -0.25) is 5.10 Å². The molecule has 4 N–H and O–H groups in total. The molecule has 0 aliphatic heterocycles. The highest BCUT2D eigenvalue weighted by molar-refractivity contribution is 5.87. The van der Waals surface area contributed by atoms with Crippen molar-refractivity contribution in [3.8, 4) is 11.3 Å². The van der Waals surface area contributed by atoms with E-state index in [4.69, 9.17) is 10.5 Å². The number of nitrogens with zero attached hydrogens (tertiary/aromatic N) is 2. The van der Waals surface area contributed by atoms with Crippen molar-refractivity contribution in [3.05, 3.63) is 78.0 Å². The highest BCUT2D eigenvalue weighted by Gasteiger charge is 2.09. The van der Waals surface area contributed by atoms with E-state index >= 15 is 0 Å². The number of nitrogen functional groups attached to an aromatic ring is 1. The Labute approximate surface area is 167 Å². The molecule has 2 aromatic carbocycles. The van der Waals surface area contributed by atoms with Crippen LogP contribution in [0, 0.1) is 0 Å². The normalized spacial score (nSPS) is 10.8. The second-order valence-corrected chi connectivity index (χ2v) is 6.64. The first kappa shape index (κ1) is 18.5. The zero-order chi connectivity index (χ0) is 20.1. The van der Waals surface area contributed by atoms with E-state index in [-0.39, 0.29) is 6.61 Å². The largest absolute Gasteiger partial charge is 0.445 e. The van der Waals surface area contributed by atoms with Crippen LogP contribution in [0.4, 0.5) is 10.6 Å². The Balaban J connectivity index is 1.40.